The molecule has 0 aliphatic heterocycles. The first kappa shape index (κ1) is 21.1. The normalized spacial score (nSPS) is 15.1. The van der Waals surface area contributed by atoms with Gasteiger partial charge in [-0.25, -0.2) is 0 Å². The Morgan fingerprint density at radius 3 is 2.33 bits per heavy atom. The highest BCUT2D eigenvalue weighted by Gasteiger charge is 2.25. The van der Waals surface area contributed by atoms with Crippen molar-refractivity contribution in [3.63, 3.8) is 0 Å². The fraction of sp³-hybridized carbons (Fsp3) is 1.00. The van der Waals surface area contributed by atoms with E-state index >= 15 is 0 Å². The zero-order valence-corrected chi connectivity index (χ0v) is 14.4. The molecular formula is C15H31F3N2S. The van der Waals surface area contributed by atoms with E-state index in [-0.39, 0.29) is 0 Å². The Hall–Kier alpha value is 0.0600. The molecule has 0 radical (unpaired) electrons. The van der Waals surface area contributed by atoms with Crippen LogP contribution in [0.5, 0.6) is 0 Å². The Balaban J connectivity index is 3.44. The molecule has 0 bridgehead atoms. The average molecular weight is 328 g/mol. The molecule has 2 N–H and O–H groups in total. The van der Waals surface area contributed by atoms with Crippen LogP contribution in [0.15, 0.2) is 0 Å². The van der Waals surface area contributed by atoms with E-state index < -0.39 is 12.7 Å². The number of nitrogens with one attached hydrogen (secondary N) is 2. The molecule has 0 aromatic heterocycles. The Morgan fingerprint density at radius 2 is 1.71 bits per heavy atom. The number of unbranched alkanes of at least 4 members (excludes halogenated alkanes) is 1. The maximum atomic E-state index is 12.0. The number of halogens is 3. The lowest BCUT2D eigenvalue weighted by atomic mass is 9.99. The van der Waals surface area contributed by atoms with Gasteiger partial charge >= 0.3 is 6.18 Å². The third kappa shape index (κ3) is 16.3. The van der Waals surface area contributed by atoms with Gasteiger partial charge in [0.1, 0.15) is 0 Å². The summed E-state index contributed by atoms with van der Waals surface area (Å²) in [6.07, 6.45) is 3.44. The number of rotatable bonds is 13. The van der Waals surface area contributed by atoms with Gasteiger partial charge in [-0.15, -0.1) is 0 Å². The molecule has 2 unspecified atom stereocenters. The van der Waals surface area contributed by atoms with Crippen molar-refractivity contribution in [2.75, 3.05) is 31.6 Å². The maximum absolute atomic E-state index is 12.0. The van der Waals surface area contributed by atoms with E-state index in [4.69, 9.17) is 0 Å². The number of hydrogen-bond acceptors (Lipinski definition) is 3. The fourth-order valence-corrected chi connectivity index (χ4v) is 2.57. The molecule has 0 aliphatic carbocycles. The van der Waals surface area contributed by atoms with Crippen molar-refractivity contribution in [1.29, 1.82) is 0 Å². The molecule has 0 rings (SSSR count). The molecule has 6 heteroatoms. The summed E-state index contributed by atoms with van der Waals surface area (Å²) in [5.74, 6) is 1.68. The SMILES string of the molecule is CSCCCCNC(C)CCC(C)CCNCC(F)(F)F. The van der Waals surface area contributed by atoms with Crippen molar-refractivity contribution in [2.45, 2.75) is 58.2 Å². The van der Waals surface area contributed by atoms with Crippen LogP contribution in [0.4, 0.5) is 13.2 Å². The zero-order valence-electron chi connectivity index (χ0n) is 13.6. The van der Waals surface area contributed by atoms with Crippen LogP contribution in [0.1, 0.15) is 46.0 Å². The summed E-state index contributed by atoms with van der Waals surface area (Å²) in [6, 6.07) is 0.491. The van der Waals surface area contributed by atoms with Crippen LogP contribution in [0, 0.1) is 5.92 Å². The lowest BCUT2D eigenvalue weighted by Gasteiger charge is -2.17. The van der Waals surface area contributed by atoms with Gasteiger partial charge in [0, 0.05) is 6.04 Å². The molecular weight excluding hydrogens is 297 g/mol. The van der Waals surface area contributed by atoms with Gasteiger partial charge in [0.15, 0.2) is 0 Å². The summed E-state index contributed by atoms with van der Waals surface area (Å²) in [5, 5.41) is 5.97. The Morgan fingerprint density at radius 1 is 1.00 bits per heavy atom. The monoisotopic (exact) mass is 328 g/mol. The summed E-state index contributed by atoms with van der Waals surface area (Å²) in [7, 11) is 0. The molecule has 0 saturated heterocycles. The zero-order chi connectivity index (χ0) is 16.1. The largest absolute Gasteiger partial charge is 0.401 e. The second-order valence-corrected chi connectivity index (χ2v) is 6.80. The van der Waals surface area contributed by atoms with Gasteiger partial charge in [-0.1, -0.05) is 6.92 Å². The molecule has 0 aliphatic rings. The molecule has 2 atom stereocenters. The van der Waals surface area contributed by atoms with Gasteiger partial charge in [0.05, 0.1) is 6.54 Å². The maximum Gasteiger partial charge on any atom is 0.401 e. The number of hydrogen-bond donors (Lipinski definition) is 2. The number of alkyl halides is 3. The standard InChI is InChI=1S/C15H31F3N2S/c1-13(8-10-19-12-15(16,17)18)6-7-14(2)20-9-4-5-11-21-3/h13-14,19-20H,4-12H2,1-3H3. The van der Waals surface area contributed by atoms with Crippen LogP contribution in [-0.4, -0.2) is 43.9 Å². The summed E-state index contributed by atoms with van der Waals surface area (Å²) < 4.78 is 35.9. The first-order valence-electron chi connectivity index (χ1n) is 7.85. The van der Waals surface area contributed by atoms with Crippen LogP contribution < -0.4 is 10.6 Å². The van der Waals surface area contributed by atoms with Crippen LogP contribution in [-0.2, 0) is 0 Å². The second-order valence-electron chi connectivity index (χ2n) is 5.82. The van der Waals surface area contributed by atoms with E-state index in [1.807, 2.05) is 11.8 Å². The fourth-order valence-electron chi connectivity index (χ4n) is 2.08. The highest BCUT2D eigenvalue weighted by molar-refractivity contribution is 7.98. The van der Waals surface area contributed by atoms with Crippen LogP contribution in [0.2, 0.25) is 0 Å². The van der Waals surface area contributed by atoms with Crippen molar-refractivity contribution in [3.8, 4) is 0 Å². The third-order valence-electron chi connectivity index (χ3n) is 3.50. The molecule has 21 heavy (non-hydrogen) atoms. The summed E-state index contributed by atoms with van der Waals surface area (Å²) in [5.41, 5.74) is 0. The molecule has 0 aromatic carbocycles. The Bertz CT molecular complexity index is 237. The highest BCUT2D eigenvalue weighted by atomic mass is 32.2. The smallest absolute Gasteiger partial charge is 0.314 e. The second kappa shape index (κ2) is 12.6. The van der Waals surface area contributed by atoms with Crippen molar-refractivity contribution in [3.05, 3.63) is 0 Å². The summed E-state index contributed by atoms with van der Waals surface area (Å²) >= 11 is 1.88. The van der Waals surface area contributed by atoms with Gasteiger partial charge in [0.2, 0.25) is 0 Å². The van der Waals surface area contributed by atoms with Crippen molar-refractivity contribution < 1.29 is 13.2 Å². The van der Waals surface area contributed by atoms with Crippen LogP contribution in [0.3, 0.4) is 0 Å². The molecule has 128 valence electrons. The van der Waals surface area contributed by atoms with Gasteiger partial charge in [-0.3, -0.25) is 0 Å². The highest BCUT2D eigenvalue weighted by Crippen LogP contribution is 2.14. The van der Waals surface area contributed by atoms with E-state index in [0.717, 1.165) is 25.8 Å². The van der Waals surface area contributed by atoms with E-state index in [1.54, 1.807) is 0 Å². The average Bonchev–Trinajstić information content (AvgIpc) is 2.40. The first-order valence-corrected chi connectivity index (χ1v) is 9.24. The predicted molar refractivity (Wildman–Crippen MR) is 87.0 cm³/mol. The van der Waals surface area contributed by atoms with Gasteiger partial charge < -0.3 is 10.6 Å². The van der Waals surface area contributed by atoms with Gasteiger partial charge in [0.25, 0.3) is 0 Å². The minimum Gasteiger partial charge on any atom is -0.314 e. The molecule has 0 saturated carbocycles. The minimum absolute atomic E-state index is 0.442. The minimum atomic E-state index is -4.10. The van der Waals surface area contributed by atoms with E-state index in [2.05, 4.69) is 30.7 Å². The van der Waals surface area contributed by atoms with Crippen molar-refractivity contribution >= 4 is 11.8 Å². The van der Waals surface area contributed by atoms with E-state index in [9.17, 15) is 13.2 Å². The molecule has 0 amide bonds. The number of thioether (sulfide) groups is 1. The predicted octanol–water partition coefficient (Wildman–Crippen LogP) is 4.07. The van der Waals surface area contributed by atoms with Crippen molar-refractivity contribution in [2.24, 2.45) is 5.92 Å². The molecule has 0 heterocycles. The molecule has 0 spiro atoms. The van der Waals surface area contributed by atoms with Gasteiger partial charge in [-0.2, -0.15) is 24.9 Å². The Labute approximate surface area is 132 Å². The van der Waals surface area contributed by atoms with E-state index in [1.165, 1.54) is 18.6 Å². The third-order valence-corrected chi connectivity index (χ3v) is 4.20. The molecule has 0 fully saturated rings. The lowest BCUT2D eigenvalue weighted by molar-refractivity contribution is -0.124. The Kier molecular flexibility index (Phi) is 12.6. The summed E-state index contributed by atoms with van der Waals surface area (Å²) in [6.45, 7) is 4.91. The topological polar surface area (TPSA) is 24.1 Å². The van der Waals surface area contributed by atoms with Crippen LogP contribution >= 0.6 is 11.8 Å². The summed E-state index contributed by atoms with van der Waals surface area (Å²) in [4.78, 5) is 0. The first-order chi connectivity index (χ1) is 9.85. The molecule has 0 aromatic rings. The van der Waals surface area contributed by atoms with Crippen LogP contribution in [0.25, 0.3) is 0 Å². The van der Waals surface area contributed by atoms with Gasteiger partial charge in [-0.05, 0) is 70.0 Å². The van der Waals surface area contributed by atoms with Crippen molar-refractivity contribution in [1.82, 2.24) is 10.6 Å². The lowest BCUT2D eigenvalue weighted by Crippen LogP contribution is -2.30. The quantitative estimate of drug-likeness (QED) is 0.499. The molecule has 2 nitrogen and oxygen atoms in total. The van der Waals surface area contributed by atoms with E-state index in [0.29, 0.717) is 18.5 Å².